The van der Waals surface area contributed by atoms with Gasteiger partial charge in [-0.1, -0.05) is 6.42 Å². The van der Waals surface area contributed by atoms with Crippen LogP contribution in [0.3, 0.4) is 0 Å². The van der Waals surface area contributed by atoms with Crippen molar-refractivity contribution < 1.29 is 0 Å². The van der Waals surface area contributed by atoms with Crippen molar-refractivity contribution in [2.75, 3.05) is 6.54 Å². The van der Waals surface area contributed by atoms with Gasteiger partial charge in [0.05, 0.1) is 0 Å². The van der Waals surface area contributed by atoms with Gasteiger partial charge in [-0.2, -0.15) is 0 Å². The Labute approximate surface area is 86.1 Å². The second kappa shape index (κ2) is 4.30. The molecule has 0 radical (unpaired) electrons. The standard InChI is InChI=1S/C11H21N3/c1-2-13-11(14-12)7-10-6-8-3-4-9(10)5-8/h8-10H,2-7,12H2,1H3,(H,13,14). The molecule has 3 unspecified atom stereocenters. The predicted molar refractivity (Wildman–Crippen MR) is 58.9 cm³/mol. The average Bonchev–Trinajstić information content (AvgIpc) is 2.78. The monoisotopic (exact) mass is 195 g/mol. The highest BCUT2D eigenvalue weighted by Crippen LogP contribution is 2.49. The van der Waals surface area contributed by atoms with Crippen LogP contribution in [0.1, 0.15) is 39.0 Å². The summed E-state index contributed by atoms with van der Waals surface area (Å²) in [6.45, 7) is 2.89. The lowest BCUT2D eigenvalue weighted by Crippen LogP contribution is -2.33. The third kappa shape index (κ3) is 1.92. The Balaban J connectivity index is 1.88. The number of rotatable bonds is 3. The van der Waals surface area contributed by atoms with E-state index in [1.165, 1.54) is 25.7 Å². The molecule has 3 atom stereocenters. The lowest BCUT2D eigenvalue weighted by atomic mass is 9.86. The number of hydrogen-bond acceptors (Lipinski definition) is 2. The molecule has 14 heavy (non-hydrogen) atoms. The molecule has 3 N–H and O–H groups in total. The zero-order chi connectivity index (χ0) is 9.97. The van der Waals surface area contributed by atoms with Gasteiger partial charge in [0.1, 0.15) is 5.84 Å². The van der Waals surface area contributed by atoms with Crippen molar-refractivity contribution >= 4 is 5.84 Å². The minimum Gasteiger partial charge on any atom is -0.312 e. The Kier molecular flexibility index (Phi) is 3.06. The van der Waals surface area contributed by atoms with E-state index in [0.717, 1.165) is 36.6 Å². The van der Waals surface area contributed by atoms with E-state index in [4.69, 9.17) is 5.84 Å². The van der Waals surface area contributed by atoms with Crippen molar-refractivity contribution in [3.05, 3.63) is 0 Å². The second-order valence-electron chi connectivity index (χ2n) is 4.70. The summed E-state index contributed by atoms with van der Waals surface area (Å²) in [5, 5.41) is 0. The second-order valence-corrected chi connectivity index (χ2v) is 4.70. The first-order chi connectivity index (χ1) is 6.83. The molecule has 0 saturated heterocycles. The molecule has 0 heterocycles. The van der Waals surface area contributed by atoms with Crippen molar-refractivity contribution in [2.45, 2.75) is 39.0 Å². The maximum absolute atomic E-state index is 5.45. The quantitative estimate of drug-likeness (QED) is 0.312. The SMILES string of the molecule is CCN=C(CC1CC2CCC1C2)NN. The average molecular weight is 195 g/mol. The fraction of sp³-hybridized carbons (Fsp3) is 0.909. The number of hydrazine groups is 1. The normalized spacial score (nSPS) is 36.4. The molecule has 0 aliphatic heterocycles. The van der Waals surface area contributed by atoms with Gasteiger partial charge in [-0.25, -0.2) is 5.84 Å². The van der Waals surface area contributed by atoms with E-state index in [0.29, 0.717) is 0 Å². The van der Waals surface area contributed by atoms with E-state index in [1.54, 1.807) is 0 Å². The first kappa shape index (κ1) is 9.97. The van der Waals surface area contributed by atoms with Gasteiger partial charge >= 0.3 is 0 Å². The number of nitrogens with zero attached hydrogens (tertiary/aromatic N) is 1. The Morgan fingerprint density at radius 1 is 1.43 bits per heavy atom. The third-order valence-corrected chi connectivity index (χ3v) is 3.86. The maximum atomic E-state index is 5.45. The number of amidine groups is 1. The Morgan fingerprint density at radius 2 is 2.29 bits per heavy atom. The third-order valence-electron chi connectivity index (χ3n) is 3.86. The number of nitrogens with two attached hydrogens (primary N) is 1. The molecule has 2 fully saturated rings. The Morgan fingerprint density at radius 3 is 2.79 bits per heavy atom. The molecule has 3 nitrogen and oxygen atoms in total. The zero-order valence-electron chi connectivity index (χ0n) is 9.00. The molecular weight excluding hydrogens is 174 g/mol. The van der Waals surface area contributed by atoms with E-state index in [9.17, 15) is 0 Å². The number of fused-ring (bicyclic) bond motifs is 2. The smallest absolute Gasteiger partial charge is 0.111 e. The van der Waals surface area contributed by atoms with E-state index in [-0.39, 0.29) is 0 Å². The molecule has 0 amide bonds. The van der Waals surface area contributed by atoms with Crippen LogP contribution in [0.25, 0.3) is 0 Å². The lowest BCUT2D eigenvalue weighted by Gasteiger charge is -2.21. The van der Waals surface area contributed by atoms with Crippen molar-refractivity contribution in [1.29, 1.82) is 0 Å². The highest BCUT2D eigenvalue weighted by atomic mass is 15.2. The summed E-state index contributed by atoms with van der Waals surface area (Å²) < 4.78 is 0. The van der Waals surface area contributed by atoms with Crippen LogP contribution in [0.5, 0.6) is 0 Å². The van der Waals surface area contributed by atoms with Crippen LogP contribution < -0.4 is 11.3 Å². The fourth-order valence-corrected chi connectivity index (χ4v) is 3.23. The summed E-state index contributed by atoms with van der Waals surface area (Å²) in [5.41, 5.74) is 2.74. The molecule has 2 saturated carbocycles. The summed E-state index contributed by atoms with van der Waals surface area (Å²) >= 11 is 0. The van der Waals surface area contributed by atoms with E-state index in [2.05, 4.69) is 17.3 Å². The minimum absolute atomic E-state index is 0.834. The van der Waals surface area contributed by atoms with E-state index >= 15 is 0 Å². The maximum Gasteiger partial charge on any atom is 0.111 e. The van der Waals surface area contributed by atoms with Crippen LogP contribution in [-0.2, 0) is 0 Å². The van der Waals surface area contributed by atoms with E-state index in [1.807, 2.05) is 0 Å². The molecule has 0 aromatic rings. The fourth-order valence-electron chi connectivity index (χ4n) is 3.23. The predicted octanol–water partition coefficient (Wildman–Crippen LogP) is 1.69. The molecule has 80 valence electrons. The minimum atomic E-state index is 0.834. The molecule has 3 heteroatoms. The zero-order valence-corrected chi connectivity index (χ0v) is 9.00. The first-order valence-electron chi connectivity index (χ1n) is 5.83. The van der Waals surface area contributed by atoms with Gasteiger partial charge in [-0.15, -0.1) is 0 Å². The highest BCUT2D eigenvalue weighted by Gasteiger charge is 2.39. The summed E-state index contributed by atoms with van der Waals surface area (Å²) in [6.07, 6.45) is 6.87. The van der Waals surface area contributed by atoms with Crippen LogP contribution in [0.15, 0.2) is 4.99 Å². The summed E-state index contributed by atoms with van der Waals surface area (Å²) in [4.78, 5) is 4.37. The molecule has 2 rings (SSSR count). The van der Waals surface area contributed by atoms with Gasteiger partial charge in [-0.05, 0) is 43.9 Å². The van der Waals surface area contributed by atoms with Crippen molar-refractivity contribution in [3.63, 3.8) is 0 Å². The number of aliphatic imine (C=N–C) groups is 1. The van der Waals surface area contributed by atoms with Crippen LogP contribution in [-0.4, -0.2) is 12.4 Å². The van der Waals surface area contributed by atoms with Crippen LogP contribution >= 0.6 is 0 Å². The Hall–Kier alpha value is -0.570. The molecule has 0 aromatic heterocycles. The van der Waals surface area contributed by atoms with Crippen LogP contribution in [0, 0.1) is 17.8 Å². The summed E-state index contributed by atoms with van der Waals surface area (Å²) in [6, 6.07) is 0. The first-order valence-corrected chi connectivity index (χ1v) is 5.83. The molecule has 0 aromatic carbocycles. The van der Waals surface area contributed by atoms with Gasteiger partial charge in [-0.3, -0.25) is 4.99 Å². The molecular formula is C11H21N3. The van der Waals surface area contributed by atoms with Gasteiger partial charge in [0.15, 0.2) is 0 Å². The molecule has 2 aliphatic carbocycles. The Bertz CT molecular complexity index is 225. The van der Waals surface area contributed by atoms with Gasteiger partial charge < -0.3 is 5.43 Å². The van der Waals surface area contributed by atoms with Crippen molar-refractivity contribution in [2.24, 2.45) is 28.6 Å². The van der Waals surface area contributed by atoms with Crippen molar-refractivity contribution in [1.82, 2.24) is 5.43 Å². The highest BCUT2D eigenvalue weighted by molar-refractivity contribution is 5.81. The van der Waals surface area contributed by atoms with Gasteiger partial charge in [0.2, 0.25) is 0 Å². The summed E-state index contributed by atoms with van der Waals surface area (Å²) in [5.74, 6) is 9.30. The van der Waals surface area contributed by atoms with Gasteiger partial charge in [0, 0.05) is 13.0 Å². The van der Waals surface area contributed by atoms with Crippen LogP contribution in [0.2, 0.25) is 0 Å². The van der Waals surface area contributed by atoms with Crippen molar-refractivity contribution in [3.8, 4) is 0 Å². The van der Waals surface area contributed by atoms with E-state index < -0.39 is 0 Å². The topological polar surface area (TPSA) is 50.4 Å². The number of nitrogens with one attached hydrogen (secondary N) is 1. The summed E-state index contributed by atoms with van der Waals surface area (Å²) in [7, 11) is 0. The molecule has 2 aliphatic rings. The van der Waals surface area contributed by atoms with Gasteiger partial charge in [0.25, 0.3) is 0 Å². The lowest BCUT2D eigenvalue weighted by molar-refractivity contribution is 0.340. The number of hydrogen-bond donors (Lipinski definition) is 2. The molecule has 2 bridgehead atoms. The molecule has 0 spiro atoms. The largest absolute Gasteiger partial charge is 0.312 e. The van der Waals surface area contributed by atoms with Crippen LogP contribution in [0.4, 0.5) is 0 Å².